The first-order chi connectivity index (χ1) is 18.8. The van der Waals surface area contributed by atoms with Crippen LogP contribution in [0.1, 0.15) is 87.8 Å². The number of rotatable bonds is 2. The summed E-state index contributed by atoms with van der Waals surface area (Å²) in [6, 6.07) is 14.0. The van der Waals surface area contributed by atoms with E-state index in [4.69, 9.17) is 13.2 Å². The van der Waals surface area contributed by atoms with Gasteiger partial charge in [-0.3, -0.25) is 0 Å². The third-order valence-electron chi connectivity index (χ3n) is 12.3. The molecule has 0 heteroatoms. The molecular formula is C40H46. The van der Waals surface area contributed by atoms with E-state index >= 15 is 0 Å². The van der Waals surface area contributed by atoms with Crippen LogP contribution in [0, 0.1) is 35.0 Å². The van der Waals surface area contributed by atoms with Crippen LogP contribution in [0.2, 0.25) is 0 Å². The van der Waals surface area contributed by atoms with Gasteiger partial charge in [-0.1, -0.05) is 119 Å². The maximum atomic E-state index is 4.86. The normalized spacial score (nSPS) is 34.0. The second kappa shape index (κ2) is 8.69. The second-order valence-corrected chi connectivity index (χ2v) is 14.0. The number of hydrogen-bond donors (Lipinski definition) is 0. The summed E-state index contributed by atoms with van der Waals surface area (Å²) in [5.41, 5.74) is 17.0. The van der Waals surface area contributed by atoms with E-state index in [-0.39, 0.29) is 22.2 Å². The SMILES string of the molecule is C=C1C2=C(C)[C@@]3(C)C(=C)C(C(=C)C)C(=C)C[C@@]3(C)[C@H](C)[C@@]2(C)/C(=C/c2ccc3c(c2)CCC3)c2cccc(C)c21. The average molecular weight is 527 g/mol. The Morgan fingerprint density at radius 3 is 2.38 bits per heavy atom. The molecule has 0 aliphatic heterocycles. The van der Waals surface area contributed by atoms with Crippen LogP contribution < -0.4 is 0 Å². The lowest BCUT2D eigenvalue weighted by Crippen LogP contribution is -2.58. The first kappa shape index (κ1) is 27.1. The summed E-state index contributed by atoms with van der Waals surface area (Å²) >= 11 is 0. The summed E-state index contributed by atoms with van der Waals surface area (Å²) in [7, 11) is 0. The van der Waals surface area contributed by atoms with E-state index in [9.17, 15) is 0 Å². The zero-order valence-electron chi connectivity index (χ0n) is 25.9. The van der Waals surface area contributed by atoms with Gasteiger partial charge in [0, 0.05) is 16.7 Å². The molecule has 0 heterocycles. The highest BCUT2D eigenvalue weighted by atomic mass is 14.7. The van der Waals surface area contributed by atoms with Crippen molar-refractivity contribution in [3.63, 3.8) is 0 Å². The summed E-state index contributed by atoms with van der Waals surface area (Å²) < 4.78 is 0. The Morgan fingerprint density at radius 1 is 0.975 bits per heavy atom. The lowest BCUT2D eigenvalue weighted by Gasteiger charge is -2.67. The Morgan fingerprint density at radius 2 is 1.68 bits per heavy atom. The zero-order chi connectivity index (χ0) is 28.9. The molecule has 6 rings (SSSR count). The van der Waals surface area contributed by atoms with Crippen LogP contribution in [0.4, 0.5) is 0 Å². The highest BCUT2D eigenvalue weighted by Gasteiger charge is 2.65. The van der Waals surface area contributed by atoms with Gasteiger partial charge in [0.1, 0.15) is 0 Å². The summed E-state index contributed by atoms with van der Waals surface area (Å²) in [6.45, 7) is 35.4. The van der Waals surface area contributed by atoms with Crippen LogP contribution in [-0.4, -0.2) is 0 Å². The van der Waals surface area contributed by atoms with E-state index < -0.39 is 0 Å². The number of allylic oxidation sites excluding steroid dienone is 7. The topological polar surface area (TPSA) is 0 Å². The Kier molecular flexibility index (Phi) is 5.88. The molecule has 4 aliphatic carbocycles. The quantitative estimate of drug-likeness (QED) is 0.341. The fraction of sp³-hybridized carbons (Fsp3) is 0.400. The van der Waals surface area contributed by atoms with Gasteiger partial charge in [-0.25, -0.2) is 0 Å². The molecule has 0 saturated heterocycles. The van der Waals surface area contributed by atoms with E-state index in [1.807, 2.05) is 0 Å². The highest BCUT2D eigenvalue weighted by Crippen LogP contribution is 2.75. The van der Waals surface area contributed by atoms with Crippen LogP contribution in [0.3, 0.4) is 0 Å². The first-order valence-corrected chi connectivity index (χ1v) is 15.2. The third kappa shape index (κ3) is 3.20. The minimum atomic E-state index is -0.203. The molecule has 1 fully saturated rings. The molecule has 0 amide bonds. The predicted octanol–water partition coefficient (Wildman–Crippen LogP) is 10.7. The van der Waals surface area contributed by atoms with Gasteiger partial charge in [0.2, 0.25) is 0 Å². The molecule has 0 aromatic heterocycles. The van der Waals surface area contributed by atoms with Crippen LogP contribution in [-0.2, 0) is 12.8 Å². The highest BCUT2D eigenvalue weighted by molar-refractivity contribution is 6.02. The van der Waals surface area contributed by atoms with Crippen molar-refractivity contribution in [2.45, 2.75) is 74.1 Å². The number of fused-ring (bicyclic) bond motifs is 4. The molecule has 0 radical (unpaired) electrons. The third-order valence-corrected chi connectivity index (χ3v) is 12.3. The predicted molar refractivity (Wildman–Crippen MR) is 174 cm³/mol. The maximum absolute atomic E-state index is 4.86. The molecule has 0 spiro atoms. The van der Waals surface area contributed by atoms with Gasteiger partial charge >= 0.3 is 0 Å². The molecular weight excluding hydrogens is 480 g/mol. The fourth-order valence-corrected chi connectivity index (χ4v) is 9.73. The minimum Gasteiger partial charge on any atom is -0.0992 e. The smallest absolute Gasteiger partial charge is 0.0218 e. The fourth-order valence-electron chi connectivity index (χ4n) is 9.73. The molecule has 2 aromatic carbocycles. The van der Waals surface area contributed by atoms with E-state index in [0.717, 1.165) is 12.0 Å². The number of benzene rings is 2. The Hall–Kier alpha value is -3.12. The molecule has 1 unspecified atom stereocenters. The molecule has 0 bridgehead atoms. The zero-order valence-corrected chi connectivity index (χ0v) is 25.9. The number of hydrogen-bond acceptors (Lipinski definition) is 0. The van der Waals surface area contributed by atoms with Crippen LogP contribution in [0.15, 0.2) is 90.6 Å². The standard InChI is InChI=1S/C40H46/c1-23(2)35-25(4)22-38(9)29(8)39(10)34(21-30-18-19-31-15-13-16-32(31)20-30)33-17-12-14-24(3)36(33)26(5)37(39)28(7)40(38,11)27(35)6/h12,14,17-21,29,35H,1,4-6,13,15-16,22H2,2-3,7-11H3/b34-21+/t29-,35?,38-,39-,40+/m0/s1. The van der Waals surface area contributed by atoms with Crippen LogP contribution in [0.5, 0.6) is 0 Å². The largest absolute Gasteiger partial charge is 0.0992 e. The average Bonchev–Trinajstić information content (AvgIpc) is 3.36. The minimum absolute atomic E-state index is 0.0475. The Bertz CT molecular complexity index is 1600. The van der Waals surface area contributed by atoms with Gasteiger partial charge in [0.25, 0.3) is 0 Å². The van der Waals surface area contributed by atoms with Gasteiger partial charge in [-0.15, -0.1) is 0 Å². The van der Waals surface area contributed by atoms with Crippen molar-refractivity contribution in [1.82, 2.24) is 0 Å². The Balaban J connectivity index is 1.69. The lowest BCUT2D eigenvalue weighted by molar-refractivity contribution is -0.00621. The summed E-state index contributed by atoms with van der Waals surface area (Å²) in [6.07, 6.45) is 7.17. The summed E-state index contributed by atoms with van der Waals surface area (Å²) in [5.74, 6) is 0.479. The number of aryl methyl sites for hydroxylation is 3. The maximum Gasteiger partial charge on any atom is 0.0218 e. The summed E-state index contributed by atoms with van der Waals surface area (Å²) in [4.78, 5) is 0. The van der Waals surface area contributed by atoms with Crippen molar-refractivity contribution < 1.29 is 0 Å². The molecule has 4 aliphatic rings. The van der Waals surface area contributed by atoms with Crippen molar-refractivity contribution in [2.24, 2.45) is 28.1 Å². The van der Waals surface area contributed by atoms with E-state index in [1.165, 1.54) is 86.1 Å². The molecule has 1 saturated carbocycles. The van der Waals surface area contributed by atoms with Crippen molar-refractivity contribution in [1.29, 1.82) is 0 Å². The molecule has 206 valence electrons. The van der Waals surface area contributed by atoms with Gasteiger partial charge in [-0.2, -0.15) is 0 Å². The summed E-state index contributed by atoms with van der Waals surface area (Å²) in [5, 5.41) is 0. The van der Waals surface area contributed by atoms with E-state index in [0.29, 0.717) is 5.92 Å². The van der Waals surface area contributed by atoms with Crippen molar-refractivity contribution in [2.75, 3.05) is 0 Å². The first-order valence-electron chi connectivity index (χ1n) is 15.2. The van der Waals surface area contributed by atoms with Crippen molar-refractivity contribution in [3.05, 3.63) is 124 Å². The monoisotopic (exact) mass is 526 g/mol. The molecule has 40 heavy (non-hydrogen) atoms. The molecule has 0 nitrogen and oxygen atoms in total. The van der Waals surface area contributed by atoms with Crippen molar-refractivity contribution >= 4 is 17.2 Å². The van der Waals surface area contributed by atoms with Gasteiger partial charge in [0.15, 0.2) is 0 Å². The molecule has 2 aromatic rings. The van der Waals surface area contributed by atoms with E-state index in [2.05, 4.69) is 104 Å². The van der Waals surface area contributed by atoms with E-state index in [1.54, 1.807) is 0 Å². The lowest BCUT2D eigenvalue weighted by atomic mass is 9.36. The Labute approximate surface area is 243 Å². The van der Waals surface area contributed by atoms with Gasteiger partial charge in [-0.05, 0) is 108 Å². The second-order valence-electron chi connectivity index (χ2n) is 14.0. The molecule has 5 atom stereocenters. The van der Waals surface area contributed by atoms with Gasteiger partial charge < -0.3 is 0 Å². The van der Waals surface area contributed by atoms with Crippen molar-refractivity contribution in [3.8, 4) is 0 Å². The van der Waals surface area contributed by atoms with Crippen LogP contribution in [0.25, 0.3) is 17.2 Å². The van der Waals surface area contributed by atoms with Gasteiger partial charge in [0.05, 0.1) is 0 Å². The van der Waals surface area contributed by atoms with Crippen LogP contribution >= 0.6 is 0 Å². The molecule has 0 N–H and O–H groups in total.